The van der Waals surface area contributed by atoms with Crippen molar-refractivity contribution >= 4 is 34.3 Å². The fourth-order valence-corrected chi connectivity index (χ4v) is 4.64. The van der Waals surface area contributed by atoms with E-state index >= 15 is 0 Å². The molecule has 1 fully saturated rings. The van der Waals surface area contributed by atoms with Gasteiger partial charge in [-0.05, 0) is 55.3 Å². The summed E-state index contributed by atoms with van der Waals surface area (Å²) in [6.07, 6.45) is 5.62. The summed E-state index contributed by atoms with van der Waals surface area (Å²) in [6.45, 7) is 5.37. The molecule has 6 nitrogen and oxygen atoms in total. The van der Waals surface area contributed by atoms with Crippen molar-refractivity contribution in [1.82, 2.24) is 14.9 Å². The maximum atomic E-state index is 13.1. The lowest BCUT2D eigenvalue weighted by molar-refractivity contribution is -0.110. The van der Waals surface area contributed by atoms with Gasteiger partial charge in [-0.15, -0.1) is 0 Å². The summed E-state index contributed by atoms with van der Waals surface area (Å²) in [5, 5.41) is 3.58. The van der Waals surface area contributed by atoms with Gasteiger partial charge in [0.1, 0.15) is 17.7 Å². The van der Waals surface area contributed by atoms with E-state index in [0.29, 0.717) is 22.0 Å². The monoisotopic (exact) mass is 448 g/mol. The van der Waals surface area contributed by atoms with E-state index in [1.54, 1.807) is 12.4 Å². The number of hydrogen-bond acceptors (Lipinski definition) is 4. The van der Waals surface area contributed by atoms with Gasteiger partial charge in [-0.2, -0.15) is 0 Å². The Hall–Kier alpha value is -3.09. The summed E-state index contributed by atoms with van der Waals surface area (Å²) < 4.78 is 6.32. The third-order valence-corrected chi connectivity index (χ3v) is 6.35. The molecule has 32 heavy (non-hydrogen) atoms. The molecule has 2 aliphatic heterocycles. The van der Waals surface area contributed by atoms with Crippen molar-refractivity contribution < 1.29 is 9.53 Å². The molecule has 1 saturated heterocycles. The number of rotatable bonds is 5. The zero-order valence-electron chi connectivity index (χ0n) is 17.9. The first-order chi connectivity index (χ1) is 15.6. The van der Waals surface area contributed by atoms with E-state index in [1.165, 1.54) is 0 Å². The zero-order valence-corrected chi connectivity index (χ0v) is 18.7. The molecular weight excluding hydrogens is 424 g/mol. The van der Waals surface area contributed by atoms with Crippen LogP contribution in [-0.4, -0.2) is 46.5 Å². The van der Waals surface area contributed by atoms with Crippen molar-refractivity contribution in [3.63, 3.8) is 0 Å². The second-order valence-electron chi connectivity index (χ2n) is 8.11. The van der Waals surface area contributed by atoms with E-state index in [9.17, 15) is 4.79 Å². The molecule has 5 rings (SSSR count). The van der Waals surface area contributed by atoms with Crippen LogP contribution in [0.1, 0.15) is 36.7 Å². The van der Waals surface area contributed by atoms with Crippen molar-refractivity contribution in [2.75, 3.05) is 25.0 Å². The molecule has 2 aliphatic rings. The number of ether oxygens (including phenoxy) is 1. The molecule has 2 aromatic carbocycles. The molecule has 0 saturated carbocycles. The van der Waals surface area contributed by atoms with Crippen LogP contribution in [0.3, 0.4) is 0 Å². The van der Waals surface area contributed by atoms with Crippen LogP contribution in [0.4, 0.5) is 5.69 Å². The van der Waals surface area contributed by atoms with Gasteiger partial charge >= 0.3 is 0 Å². The molecule has 1 amide bonds. The smallest absolute Gasteiger partial charge is 0.257 e. The van der Waals surface area contributed by atoms with E-state index in [2.05, 4.69) is 27.1 Å². The maximum Gasteiger partial charge on any atom is 0.257 e. The predicted octanol–water partition coefficient (Wildman–Crippen LogP) is 4.84. The number of amides is 1. The lowest BCUT2D eigenvalue weighted by Crippen LogP contribution is -2.37. The lowest BCUT2D eigenvalue weighted by Gasteiger charge is -2.31. The van der Waals surface area contributed by atoms with Gasteiger partial charge in [-0.1, -0.05) is 30.7 Å². The fourth-order valence-electron chi connectivity index (χ4n) is 4.45. The number of aromatic nitrogens is 2. The quantitative estimate of drug-likeness (QED) is 0.548. The average molecular weight is 449 g/mol. The van der Waals surface area contributed by atoms with E-state index in [1.807, 2.05) is 42.5 Å². The number of likely N-dealkylation sites (tertiary alicyclic amines) is 1. The second kappa shape index (κ2) is 8.81. The predicted molar refractivity (Wildman–Crippen MR) is 127 cm³/mol. The highest BCUT2D eigenvalue weighted by atomic mass is 35.5. The third-order valence-electron chi connectivity index (χ3n) is 6.12. The Bertz CT molecular complexity index is 1160. The summed E-state index contributed by atoms with van der Waals surface area (Å²) in [5.74, 6) is 1.22. The van der Waals surface area contributed by atoms with Crippen LogP contribution in [0, 0.1) is 0 Å². The Balaban J connectivity index is 1.55. The van der Waals surface area contributed by atoms with Crippen LogP contribution in [0.2, 0.25) is 5.02 Å². The molecule has 164 valence electrons. The highest BCUT2D eigenvalue weighted by molar-refractivity contribution is 6.38. The number of anilines is 1. The molecule has 0 unspecified atom stereocenters. The minimum Gasteiger partial charge on any atom is -0.490 e. The van der Waals surface area contributed by atoms with Gasteiger partial charge in [0.05, 0.1) is 5.57 Å². The SMILES string of the molecule is CCN1CCC(Oc2ccc3c(c2)/C(=C(\c2cccc(Cl)c2)c2ncc[nH]2)C(=O)N3)CC1. The van der Waals surface area contributed by atoms with Gasteiger partial charge in [0.15, 0.2) is 0 Å². The number of H-pyrrole nitrogens is 1. The minimum absolute atomic E-state index is 0.167. The van der Waals surface area contributed by atoms with Crippen molar-refractivity contribution in [2.24, 2.45) is 0 Å². The standard InChI is InChI=1S/C25H25ClN4O2/c1-2-30-12-8-18(9-13-30)32-19-6-7-21-20(15-19)23(25(31)29-21)22(24-27-10-11-28-24)16-4-3-5-17(26)14-16/h3-7,10-11,14-15,18H,2,8-9,12-13H2,1H3,(H,27,28)(H,29,31)/b23-22-. The number of hydrogen-bond donors (Lipinski definition) is 2. The average Bonchev–Trinajstić information content (AvgIpc) is 3.43. The number of benzene rings is 2. The number of fused-ring (bicyclic) bond motifs is 1. The number of aromatic amines is 1. The zero-order chi connectivity index (χ0) is 22.1. The Morgan fingerprint density at radius 3 is 2.78 bits per heavy atom. The normalized spacial score (nSPS) is 18.4. The molecule has 0 aliphatic carbocycles. The van der Waals surface area contributed by atoms with Gasteiger partial charge in [-0.25, -0.2) is 4.98 Å². The first-order valence-corrected chi connectivity index (χ1v) is 11.3. The largest absolute Gasteiger partial charge is 0.490 e. The number of carbonyl (C=O) groups excluding carboxylic acids is 1. The Labute approximate surface area is 192 Å². The van der Waals surface area contributed by atoms with Crippen molar-refractivity contribution in [3.8, 4) is 5.75 Å². The van der Waals surface area contributed by atoms with Crippen LogP contribution < -0.4 is 10.1 Å². The molecule has 2 N–H and O–H groups in total. The summed E-state index contributed by atoms with van der Waals surface area (Å²) in [7, 11) is 0. The van der Waals surface area contributed by atoms with Crippen molar-refractivity contribution in [2.45, 2.75) is 25.9 Å². The van der Waals surface area contributed by atoms with E-state index in [-0.39, 0.29) is 12.0 Å². The minimum atomic E-state index is -0.167. The van der Waals surface area contributed by atoms with Crippen LogP contribution in [0.15, 0.2) is 54.9 Å². The van der Waals surface area contributed by atoms with Gasteiger partial charge in [0.2, 0.25) is 0 Å². The molecule has 3 aromatic rings. The topological polar surface area (TPSA) is 70.2 Å². The van der Waals surface area contributed by atoms with Crippen LogP contribution in [-0.2, 0) is 4.79 Å². The lowest BCUT2D eigenvalue weighted by atomic mass is 9.94. The first kappa shape index (κ1) is 20.8. The molecule has 7 heteroatoms. The Morgan fingerprint density at radius 1 is 1.22 bits per heavy atom. The van der Waals surface area contributed by atoms with Crippen molar-refractivity contribution in [3.05, 3.63) is 76.8 Å². The molecule has 3 heterocycles. The Morgan fingerprint density at radius 2 is 2.06 bits per heavy atom. The Kier molecular flexibility index (Phi) is 5.72. The van der Waals surface area contributed by atoms with Gasteiger partial charge < -0.3 is 19.9 Å². The molecular formula is C25H25ClN4O2. The van der Waals surface area contributed by atoms with Crippen LogP contribution in [0.25, 0.3) is 11.1 Å². The van der Waals surface area contributed by atoms with Crippen molar-refractivity contribution in [1.29, 1.82) is 0 Å². The van der Waals surface area contributed by atoms with Gasteiger partial charge in [0, 0.05) is 47.3 Å². The van der Waals surface area contributed by atoms with Gasteiger partial charge in [0.25, 0.3) is 5.91 Å². The number of nitrogens with zero attached hydrogens (tertiary/aromatic N) is 2. The summed E-state index contributed by atoms with van der Waals surface area (Å²) >= 11 is 6.27. The molecule has 0 spiro atoms. The number of nitrogens with one attached hydrogen (secondary N) is 2. The molecule has 0 radical (unpaired) electrons. The summed E-state index contributed by atoms with van der Waals surface area (Å²) in [6, 6.07) is 13.3. The summed E-state index contributed by atoms with van der Waals surface area (Å²) in [4.78, 5) is 23.1. The second-order valence-corrected chi connectivity index (χ2v) is 8.55. The van der Waals surface area contributed by atoms with E-state index < -0.39 is 0 Å². The highest BCUT2D eigenvalue weighted by Crippen LogP contribution is 2.41. The number of piperidine rings is 1. The molecule has 1 aromatic heterocycles. The first-order valence-electron chi connectivity index (χ1n) is 11.0. The maximum absolute atomic E-state index is 13.1. The number of imidazole rings is 1. The van der Waals surface area contributed by atoms with Gasteiger partial charge in [-0.3, -0.25) is 4.79 Å². The van der Waals surface area contributed by atoms with Crippen LogP contribution >= 0.6 is 11.6 Å². The molecule has 0 bridgehead atoms. The van der Waals surface area contributed by atoms with E-state index in [4.69, 9.17) is 16.3 Å². The van der Waals surface area contributed by atoms with Crippen LogP contribution in [0.5, 0.6) is 5.75 Å². The number of carbonyl (C=O) groups is 1. The third kappa shape index (κ3) is 4.04. The fraction of sp³-hybridized carbons (Fsp3) is 0.280. The molecule has 0 atom stereocenters. The highest BCUT2D eigenvalue weighted by Gasteiger charge is 2.30. The number of halogens is 1. The summed E-state index contributed by atoms with van der Waals surface area (Å²) in [5.41, 5.74) is 3.67. The van der Waals surface area contributed by atoms with E-state index in [0.717, 1.165) is 55.0 Å².